The second-order valence-electron chi connectivity index (χ2n) is 5.31. The van der Waals surface area contributed by atoms with Crippen molar-refractivity contribution in [3.05, 3.63) is 64.2 Å². The van der Waals surface area contributed by atoms with Crippen LogP contribution < -0.4 is 0 Å². The quantitative estimate of drug-likeness (QED) is 0.861. The second kappa shape index (κ2) is 4.74. The van der Waals surface area contributed by atoms with Gasteiger partial charge in [-0.15, -0.1) is 0 Å². The molecule has 2 aromatic carbocycles. The molecule has 0 saturated heterocycles. The molecule has 1 aliphatic rings. The average Bonchev–Trinajstić information content (AvgIpc) is 2.71. The number of aryl methyl sites for hydroxylation is 2. The number of carbonyl (C=O) groups is 2. The topological polar surface area (TPSA) is 57.6 Å². The van der Waals surface area contributed by atoms with Crippen LogP contribution in [0, 0.1) is 13.8 Å². The van der Waals surface area contributed by atoms with Gasteiger partial charge in [-0.05, 0) is 42.7 Å². The van der Waals surface area contributed by atoms with E-state index in [0.717, 1.165) is 16.7 Å². The van der Waals surface area contributed by atoms with Crippen molar-refractivity contribution in [3.8, 4) is 5.75 Å². The summed E-state index contributed by atoms with van der Waals surface area (Å²) in [6.45, 7) is 3.90. The Hall–Kier alpha value is -2.62. The Balaban J connectivity index is 1.98. The van der Waals surface area contributed by atoms with Crippen LogP contribution in [0.5, 0.6) is 5.75 Å². The van der Waals surface area contributed by atoms with Crippen molar-refractivity contribution in [1.29, 1.82) is 0 Å². The third kappa shape index (κ3) is 2.09. The summed E-state index contributed by atoms with van der Waals surface area (Å²) in [7, 11) is 0. The largest absolute Gasteiger partial charge is 0.508 e. The average molecular weight is 281 g/mol. The third-order valence-corrected chi connectivity index (χ3v) is 3.82. The number of amides is 2. The molecular formula is C17H15NO3. The first-order valence-corrected chi connectivity index (χ1v) is 6.73. The zero-order valence-electron chi connectivity index (χ0n) is 11.9. The summed E-state index contributed by atoms with van der Waals surface area (Å²) in [5.74, 6) is -0.332. The van der Waals surface area contributed by atoms with Gasteiger partial charge >= 0.3 is 0 Å². The number of rotatable bonds is 2. The van der Waals surface area contributed by atoms with Crippen LogP contribution in [0.4, 0.5) is 0 Å². The van der Waals surface area contributed by atoms with Crippen LogP contribution in [0.25, 0.3) is 0 Å². The van der Waals surface area contributed by atoms with E-state index in [4.69, 9.17) is 0 Å². The molecule has 0 radical (unpaired) electrons. The lowest BCUT2D eigenvalue weighted by Gasteiger charge is -2.14. The smallest absolute Gasteiger partial charge is 0.262 e. The standard InChI is InChI=1S/C17H15NO3/c1-10-3-4-11(2)15-14(10)16(20)18(17(15)21)9-12-5-7-13(19)8-6-12/h3-8,19H,9H2,1-2H3. The Bertz CT molecular complexity index is 706. The van der Waals surface area contributed by atoms with E-state index < -0.39 is 0 Å². The minimum Gasteiger partial charge on any atom is -0.508 e. The van der Waals surface area contributed by atoms with Crippen molar-refractivity contribution in [2.45, 2.75) is 20.4 Å². The first kappa shape index (κ1) is 13.4. The fourth-order valence-electron chi connectivity index (χ4n) is 2.65. The molecule has 0 unspecified atom stereocenters. The number of fused-ring (bicyclic) bond motifs is 1. The molecule has 0 aromatic heterocycles. The van der Waals surface area contributed by atoms with Gasteiger partial charge in [-0.2, -0.15) is 0 Å². The highest BCUT2D eigenvalue weighted by molar-refractivity contribution is 6.22. The Kier molecular flexibility index (Phi) is 3.01. The highest BCUT2D eigenvalue weighted by atomic mass is 16.3. The van der Waals surface area contributed by atoms with E-state index in [0.29, 0.717) is 11.1 Å². The minimum atomic E-state index is -0.246. The highest BCUT2D eigenvalue weighted by Gasteiger charge is 2.37. The summed E-state index contributed by atoms with van der Waals surface area (Å²) in [4.78, 5) is 26.3. The van der Waals surface area contributed by atoms with Gasteiger partial charge in [0, 0.05) is 0 Å². The Morgan fingerprint density at radius 1 is 0.857 bits per heavy atom. The molecule has 106 valence electrons. The van der Waals surface area contributed by atoms with Crippen LogP contribution in [0.2, 0.25) is 0 Å². The maximum absolute atomic E-state index is 12.5. The van der Waals surface area contributed by atoms with Crippen LogP contribution in [0.15, 0.2) is 36.4 Å². The maximum Gasteiger partial charge on any atom is 0.262 e. The summed E-state index contributed by atoms with van der Waals surface area (Å²) in [6.07, 6.45) is 0. The molecule has 0 bridgehead atoms. The van der Waals surface area contributed by atoms with E-state index in [1.807, 2.05) is 26.0 Å². The summed E-state index contributed by atoms with van der Waals surface area (Å²) in [5.41, 5.74) is 3.47. The molecule has 4 nitrogen and oxygen atoms in total. The summed E-state index contributed by atoms with van der Waals surface area (Å²) in [6, 6.07) is 10.2. The summed E-state index contributed by atoms with van der Waals surface area (Å²) < 4.78 is 0. The Labute approximate surface area is 122 Å². The molecule has 4 heteroatoms. The van der Waals surface area contributed by atoms with E-state index in [1.54, 1.807) is 24.3 Å². The van der Waals surface area contributed by atoms with Gasteiger partial charge < -0.3 is 5.11 Å². The van der Waals surface area contributed by atoms with Crippen LogP contribution in [-0.4, -0.2) is 21.8 Å². The van der Waals surface area contributed by atoms with Crippen molar-refractivity contribution in [3.63, 3.8) is 0 Å². The van der Waals surface area contributed by atoms with Gasteiger partial charge in [0.1, 0.15) is 5.75 Å². The molecule has 1 heterocycles. The zero-order chi connectivity index (χ0) is 15.1. The Morgan fingerprint density at radius 2 is 1.33 bits per heavy atom. The molecule has 0 aliphatic carbocycles. The van der Waals surface area contributed by atoms with Crippen molar-refractivity contribution in [2.24, 2.45) is 0 Å². The van der Waals surface area contributed by atoms with E-state index in [2.05, 4.69) is 0 Å². The van der Waals surface area contributed by atoms with Crippen molar-refractivity contribution >= 4 is 11.8 Å². The number of hydrogen-bond donors (Lipinski definition) is 1. The van der Waals surface area contributed by atoms with Crippen LogP contribution >= 0.6 is 0 Å². The van der Waals surface area contributed by atoms with Crippen LogP contribution in [0.3, 0.4) is 0 Å². The van der Waals surface area contributed by atoms with Gasteiger partial charge in [0.2, 0.25) is 0 Å². The number of hydrogen-bond acceptors (Lipinski definition) is 3. The van der Waals surface area contributed by atoms with Gasteiger partial charge in [-0.1, -0.05) is 24.3 Å². The van der Waals surface area contributed by atoms with Gasteiger partial charge in [0.15, 0.2) is 0 Å². The number of carbonyl (C=O) groups excluding carboxylic acids is 2. The zero-order valence-corrected chi connectivity index (χ0v) is 11.9. The minimum absolute atomic E-state index is 0.160. The Morgan fingerprint density at radius 3 is 1.81 bits per heavy atom. The van der Waals surface area contributed by atoms with E-state index >= 15 is 0 Å². The lowest BCUT2D eigenvalue weighted by molar-refractivity contribution is 0.0642. The fourth-order valence-corrected chi connectivity index (χ4v) is 2.65. The first-order chi connectivity index (χ1) is 9.99. The molecule has 1 aliphatic heterocycles. The number of aromatic hydroxyl groups is 1. The van der Waals surface area contributed by atoms with Gasteiger partial charge in [-0.3, -0.25) is 14.5 Å². The third-order valence-electron chi connectivity index (χ3n) is 3.82. The predicted molar refractivity (Wildman–Crippen MR) is 78.2 cm³/mol. The molecule has 21 heavy (non-hydrogen) atoms. The molecule has 3 rings (SSSR count). The van der Waals surface area contributed by atoms with Gasteiger partial charge in [0.25, 0.3) is 11.8 Å². The predicted octanol–water partition coefficient (Wildman–Crippen LogP) is 2.81. The van der Waals surface area contributed by atoms with Gasteiger partial charge in [0.05, 0.1) is 17.7 Å². The van der Waals surface area contributed by atoms with E-state index in [1.165, 1.54) is 4.90 Å². The van der Waals surface area contributed by atoms with Crippen molar-refractivity contribution in [2.75, 3.05) is 0 Å². The number of phenols is 1. The van der Waals surface area contributed by atoms with Crippen molar-refractivity contribution < 1.29 is 14.7 Å². The van der Waals surface area contributed by atoms with Gasteiger partial charge in [-0.25, -0.2) is 0 Å². The second-order valence-corrected chi connectivity index (χ2v) is 5.31. The van der Waals surface area contributed by atoms with E-state index in [-0.39, 0.29) is 24.1 Å². The lowest BCUT2D eigenvalue weighted by atomic mass is 9.99. The number of nitrogens with zero attached hydrogens (tertiary/aromatic N) is 1. The molecule has 2 aromatic rings. The monoisotopic (exact) mass is 281 g/mol. The molecule has 0 fully saturated rings. The van der Waals surface area contributed by atoms with Crippen LogP contribution in [0.1, 0.15) is 37.4 Å². The fraction of sp³-hybridized carbons (Fsp3) is 0.176. The van der Waals surface area contributed by atoms with E-state index in [9.17, 15) is 14.7 Å². The SMILES string of the molecule is Cc1ccc(C)c2c1C(=O)N(Cc1ccc(O)cc1)C2=O. The molecule has 1 N–H and O–H groups in total. The molecule has 0 atom stereocenters. The molecular weight excluding hydrogens is 266 g/mol. The highest BCUT2D eigenvalue weighted by Crippen LogP contribution is 2.29. The summed E-state index contributed by atoms with van der Waals surface area (Å²) >= 11 is 0. The number of phenolic OH excluding ortho intramolecular Hbond substituents is 1. The molecule has 2 amide bonds. The maximum atomic E-state index is 12.5. The lowest BCUT2D eigenvalue weighted by Crippen LogP contribution is -2.29. The molecule has 0 saturated carbocycles. The normalized spacial score (nSPS) is 13.7. The first-order valence-electron chi connectivity index (χ1n) is 6.73. The summed E-state index contributed by atoms with van der Waals surface area (Å²) in [5, 5.41) is 9.29. The van der Waals surface area contributed by atoms with Crippen LogP contribution in [-0.2, 0) is 6.54 Å². The van der Waals surface area contributed by atoms with Crippen molar-refractivity contribution in [1.82, 2.24) is 4.90 Å². The number of benzene rings is 2. The number of imide groups is 1. The molecule has 0 spiro atoms.